The predicted octanol–water partition coefficient (Wildman–Crippen LogP) is 3.95. The Labute approximate surface area is 110 Å². The van der Waals surface area contributed by atoms with Crippen molar-refractivity contribution in [2.24, 2.45) is 0 Å². The molecular weight excluding hydrogens is 309 g/mol. The molecule has 0 amide bonds. The van der Waals surface area contributed by atoms with E-state index in [0.29, 0.717) is 0 Å². The summed E-state index contributed by atoms with van der Waals surface area (Å²) in [6.07, 6.45) is -1.56. The number of rotatable bonds is 2. The molecule has 0 aromatic heterocycles. The Balaban J connectivity index is 2.51. The molecule has 0 fully saturated rings. The molecule has 18 heavy (non-hydrogen) atoms. The molecule has 0 spiro atoms. The monoisotopic (exact) mass is 316 g/mol. The van der Waals surface area contributed by atoms with Crippen molar-refractivity contribution in [1.82, 2.24) is 0 Å². The summed E-state index contributed by atoms with van der Waals surface area (Å²) in [5, 5.41) is 9.93. The van der Waals surface area contributed by atoms with Crippen molar-refractivity contribution in [1.29, 1.82) is 0 Å². The first kappa shape index (κ1) is 13.1. The molecule has 1 unspecified atom stereocenters. The van der Waals surface area contributed by atoms with Gasteiger partial charge in [-0.1, -0.05) is 24.3 Å². The molecule has 5 heteroatoms. The molecule has 2 aromatic rings. The summed E-state index contributed by atoms with van der Waals surface area (Å²) in [4.78, 5) is 0. The Hall–Kier alpha value is -1.33. The highest BCUT2D eigenvalue weighted by Gasteiger charge is 2.21. The van der Waals surface area contributed by atoms with E-state index in [1.807, 2.05) is 0 Å². The van der Waals surface area contributed by atoms with Crippen LogP contribution in [0.3, 0.4) is 0 Å². The molecular formula is C13H8BrF3O. The minimum absolute atomic E-state index is 0.117. The Kier molecular flexibility index (Phi) is 3.73. The molecule has 0 aliphatic heterocycles. The summed E-state index contributed by atoms with van der Waals surface area (Å²) in [6, 6.07) is 7.67. The van der Waals surface area contributed by atoms with E-state index in [0.717, 1.165) is 6.07 Å². The Bertz CT molecular complexity index is 535. The van der Waals surface area contributed by atoms with Crippen molar-refractivity contribution in [3.8, 4) is 0 Å². The molecule has 0 radical (unpaired) electrons. The van der Waals surface area contributed by atoms with Crippen molar-refractivity contribution < 1.29 is 18.3 Å². The third-order valence-electron chi connectivity index (χ3n) is 2.55. The zero-order chi connectivity index (χ0) is 13.3. The van der Waals surface area contributed by atoms with E-state index in [2.05, 4.69) is 15.9 Å². The molecule has 2 aromatic carbocycles. The molecule has 0 aliphatic rings. The Morgan fingerprint density at radius 1 is 0.889 bits per heavy atom. The van der Waals surface area contributed by atoms with E-state index >= 15 is 0 Å². The lowest BCUT2D eigenvalue weighted by Crippen LogP contribution is -2.06. The largest absolute Gasteiger partial charge is 0.383 e. The van der Waals surface area contributed by atoms with Crippen LogP contribution in [-0.2, 0) is 0 Å². The molecule has 0 bridgehead atoms. The van der Waals surface area contributed by atoms with Crippen LogP contribution in [0, 0.1) is 17.5 Å². The predicted molar refractivity (Wildman–Crippen MR) is 64.5 cm³/mol. The van der Waals surface area contributed by atoms with Crippen molar-refractivity contribution in [3.63, 3.8) is 0 Å². The lowest BCUT2D eigenvalue weighted by molar-refractivity contribution is 0.208. The van der Waals surface area contributed by atoms with Gasteiger partial charge in [0.1, 0.15) is 11.9 Å². The smallest absolute Gasteiger partial charge is 0.164 e. The number of aliphatic hydroxyl groups is 1. The van der Waals surface area contributed by atoms with Crippen LogP contribution in [-0.4, -0.2) is 5.11 Å². The van der Waals surface area contributed by atoms with E-state index in [4.69, 9.17) is 0 Å². The number of aliphatic hydroxyl groups excluding tert-OH is 1. The summed E-state index contributed by atoms with van der Waals surface area (Å²) >= 11 is 2.97. The van der Waals surface area contributed by atoms with Crippen molar-refractivity contribution in [3.05, 3.63) is 69.4 Å². The van der Waals surface area contributed by atoms with Crippen LogP contribution in [0.4, 0.5) is 13.2 Å². The minimum Gasteiger partial charge on any atom is -0.383 e. The second kappa shape index (κ2) is 5.12. The van der Waals surface area contributed by atoms with Crippen molar-refractivity contribution in [2.75, 3.05) is 0 Å². The summed E-state index contributed by atoms with van der Waals surface area (Å²) in [6.45, 7) is 0. The Morgan fingerprint density at radius 3 is 2.11 bits per heavy atom. The third-order valence-corrected chi connectivity index (χ3v) is 3.16. The molecule has 0 saturated heterocycles. The summed E-state index contributed by atoms with van der Waals surface area (Å²) in [7, 11) is 0. The zero-order valence-corrected chi connectivity index (χ0v) is 10.6. The molecule has 0 saturated carbocycles. The van der Waals surface area contributed by atoms with Crippen molar-refractivity contribution in [2.45, 2.75) is 6.10 Å². The van der Waals surface area contributed by atoms with E-state index in [9.17, 15) is 18.3 Å². The van der Waals surface area contributed by atoms with Gasteiger partial charge in [-0.05, 0) is 28.1 Å². The first-order valence-electron chi connectivity index (χ1n) is 5.08. The topological polar surface area (TPSA) is 20.2 Å². The van der Waals surface area contributed by atoms with Crippen LogP contribution in [0.5, 0.6) is 0 Å². The van der Waals surface area contributed by atoms with Gasteiger partial charge in [-0.25, -0.2) is 13.2 Å². The van der Waals surface area contributed by atoms with Crippen LogP contribution >= 0.6 is 15.9 Å². The molecule has 1 N–H and O–H groups in total. The fourth-order valence-corrected chi connectivity index (χ4v) is 2.01. The van der Waals surface area contributed by atoms with Crippen LogP contribution in [0.2, 0.25) is 0 Å². The highest BCUT2D eigenvalue weighted by Crippen LogP contribution is 2.30. The van der Waals surface area contributed by atoms with Gasteiger partial charge in [0.05, 0.1) is 4.47 Å². The van der Waals surface area contributed by atoms with Gasteiger partial charge >= 0.3 is 0 Å². The van der Waals surface area contributed by atoms with Gasteiger partial charge in [-0.15, -0.1) is 0 Å². The van der Waals surface area contributed by atoms with Crippen LogP contribution < -0.4 is 0 Å². The number of hydrogen-bond acceptors (Lipinski definition) is 1. The quantitative estimate of drug-likeness (QED) is 0.889. The average Bonchev–Trinajstić information content (AvgIpc) is 2.35. The van der Waals surface area contributed by atoms with Crippen LogP contribution in [0.1, 0.15) is 17.2 Å². The van der Waals surface area contributed by atoms with Gasteiger partial charge in [0.15, 0.2) is 11.6 Å². The van der Waals surface area contributed by atoms with Gasteiger partial charge in [-0.2, -0.15) is 0 Å². The second-order valence-corrected chi connectivity index (χ2v) is 4.54. The lowest BCUT2D eigenvalue weighted by atomic mass is 10.0. The maximum atomic E-state index is 13.7. The first-order valence-corrected chi connectivity index (χ1v) is 5.87. The molecule has 0 aliphatic carbocycles. The van der Waals surface area contributed by atoms with Gasteiger partial charge < -0.3 is 5.11 Å². The maximum absolute atomic E-state index is 13.7. The van der Waals surface area contributed by atoms with Crippen LogP contribution in [0.25, 0.3) is 0 Å². The number of hydrogen-bond donors (Lipinski definition) is 1. The molecule has 94 valence electrons. The van der Waals surface area contributed by atoms with Crippen LogP contribution in [0.15, 0.2) is 40.9 Å². The standard InChI is InChI=1S/C13H8BrF3O/c14-9-5-1-3-7(11(9)16)13(18)8-4-2-6-10(15)12(8)17/h1-6,13,18H. The van der Waals surface area contributed by atoms with Gasteiger partial charge in [0.2, 0.25) is 0 Å². The zero-order valence-electron chi connectivity index (χ0n) is 9.00. The van der Waals surface area contributed by atoms with E-state index in [1.165, 1.54) is 30.3 Å². The summed E-state index contributed by atoms with van der Waals surface area (Å²) < 4.78 is 40.4. The highest BCUT2D eigenvalue weighted by molar-refractivity contribution is 9.10. The molecule has 1 atom stereocenters. The third kappa shape index (κ3) is 2.28. The molecule has 1 nitrogen and oxygen atoms in total. The number of halogens is 4. The molecule has 0 heterocycles. The summed E-state index contributed by atoms with van der Waals surface area (Å²) in [5.74, 6) is -2.96. The van der Waals surface area contributed by atoms with E-state index < -0.39 is 23.6 Å². The SMILES string of the molecule is OC(c1cccc(F)c1F)c1cccc(Br)c1F. The normalized spacial score (nSPS) is 12.5. The average molecular weight is 317 g/mol. The second-order valence-electron chi connectivity index (χ2n) is 3.69. The van der Waals surface area contributed by atoms with Crippen molar-refractivity contribution >= 4 is 15.9 Å². The maximum Gasteiger partial charge on any atom is 0.164 e. The van der Waals surface area contributed by atoms with E-state index in [-0.39, 0.29) is 15.6 Å². The highest BCUT2D eigenvalue weighted by atomic mass is 79.9. The minimum atomic E-state index is -1.56. The van der Waals surface area contributed by atoms with Gasteiger partial charge in [0.25, 0.3) is 0 Å². The first-order chi connectivity index (χ1) is 8.52. The fraction of sp³-hybridized carbons (Fsp3) is 0.0769. The molecule has 2 rings (SSSR count). The lowest BCUT2D eigenvalue weighted by Gasteiger charge is -2.14. The fourth-order valence-electron chi connectivity index (χ4n) is 1.63. The van der Waals surface area contributed by atoms with Gasteiger partial charge in [0, 0.05) is 11.1 Å². The Morgan fingerprint density at radius 2 is 1.44 bits per heavy atom. The number of benzene rings is 2. The summed E-state index contributed by atoms with van der Waals surface area (Å²) in [5.41, 5.74) is -0.416. The van der Waals surface area contributed by atoms with Gasteiger partial charge in [-0.3, -0.25) is 0 Å². The van der Waals surface area contributed by atoms with E-state index in [1.54, 1.807) is 0 Å².